The van der Waals surface area contributed by atoms with E-state index in [1.54, 1.807) is 30.5 Å². The first-order valence-electron chi connectivity index (χ1n) is 11.6. The van der Waals surface area contributed by atoms with Gasteiger partial charge in [0.25, 0.3) is 0 Å². The smallest absolute Gasteiger partial charge is 0.321 e. The first kappa shape index (κ1) is 24.2. The van der Waals surface area contributed by atoms with E-state index in [0.717, 1.165) is 33.0 Å². The van der Waals surface area contributed by atoms with Crippen molar-refractivity contribution in [2.75, 3.05) is 37.4 Å². The summed E-state index contributed by atoms with van der Waals surface area (Å²) < 4.78 is 20.8. The highest BCUT2D eigenvalue weighted by Crippen LogP contribution is 2.28. The number of hydrogen-bond donors (Lipinski definition) is 3. The molecule has 1 atom stereocenters. The molecule has 2 amide bonds. The van der Waals surface area contributed by atoms with E-state index >= 15 is 0 Å². The molecule has 3 N–H and O–H groups in total. The SMILES string of the molecule is COc1cccc(NC(=O)N2CCCC(CNc3nc(-c4c[nH]c5ncc(I)cc45)ncc3F)C2)c1. The van der Waals surface area contributed by atoms with Crippen LogP contribution in [0.3, 0.4) is 0 Å². The van der Waals surface area contributed by atoms with E-state index in [1.807, 2.05) is 24.3 Å². The van der Waals surface area contributed by atoms with Crippen LogP contribution in [-0.4, -0.2) is 57.6 Å². The number of methoxy groups -OCH3 is 1. The molecule has 1 aliphatic rings. The molecular weight excluding hydrogens is 576 g/mol. The minimum atomic E-state index is -0.519. The predicted molar refractivity (Wildman–Crippen MR) is 145 cm³/mol. The molecule has 1 aromatic carbocycles. The molecule has 0 aliphatic carbocycles. The third-order valence-corrected chi connectivity index (χ3v) is 6.76. The number of likely N-dealkylation sites (tertiary alicyclic amines) is 1. The summed E-state index contributed by atoms with van der Waals surface area (Å²) in [6.07, 6.45) is 6.54. The number of aromatic nitrogens is 4. The van der Waals surface area contributed by atoms with Crippen LogP contribution in [0.25, 0.3) is 22.4 Å². The first-order valence-corrected chi connectivity index (χ1v) is 12.7. The van der Waals surface area contributed by atoms with Crippen molar-refractivity contribution in [1.82, 2.24) is 24.8 Å². The molecule has 0 saturated carbocycles. The number of benzene rings is 1. The van der Waals surface area contributed by atoms with Crippen LogP contribution in [-0.2, 0) is 0 Å². The maximum absolute atomic E-state index is 14.6. The Bertz CT molecular complexity index is 1400. The van der Waals surface area contributed by atoms with Gasteiger partial charge in [-0.05, 0) is 59.5 Å². The number of fused-ring (bicyclic) bond motifs is 1. The zero-order valence-electron chi connectivity index (χ0n) is 19.6. The van der Waals surface area contributed by atoms with Gasteiger partial charge < -0.3 is 25.3 Å². The number of carbonyl (C=O) groups is 1. The van der Waals surface area contributed by atoms with Crippen LogP contribution in [0, 0.1) is 15.3 Å². The maximum Gasteiger partial charge on any atom is 0.321 e. The highest BCUT2D eigenvalue weighted by molar-refractivity contribution is 14.1. The van der Waals surface area contributed by atoms with Crippen molar-refractivity contribution in [3.63, 3.8) is 0 Å². The fourth-order valence-electron chi connectivity index (χ4n) is 4.34. The molecule has 1 fully saturated rings. The fraction of sp³-hybridized carbons (Fsp3) is 0.280. The van der Waals surface area contributed by atoms with E-state index in [2.05, 4.69) is 53.2 Å². The summed E-state index contributed by atoms with van der Waals surface area (Å²) in [5.74, 6) is 0.877. The van der Waals surface area contributed by atoms with Gasteiger partial charge in [-0.2, -0.15) is 0 Å². The number of nitrogens with zero attached hydrogens (tertiary/aromatic N) is 4. The summed E-state index contributed by atoms with van der Waals surface area (Å²) in [6.45, 7) is 1.73. The van der Waals surface area contributed by atoms with Crippen molar-refractivity contribution >= 4 is 51.2 Å². The largest absolute Gasteiger partial charge is 0.497 e. The molecule has 3 aromatic heterocycles. The number of ether oxygens (including phenoxy) is 1. The average molecular weight is 601 g/mol. The number of aromatic amines is 1. The molecule has 186 valence electrons. The molecule has 11 heteroatoms. The minimum absolute atomic E-state index is 0.144. The maximum atomic E-state index is 14.6. The Morgan fingerprint density at radius 3 is 3.06 bits per heavy atom. The van der Waals surface area contributed by atoms with Crippen molar-refractivity contribution in [2.45, 2.75) is 12.8 Å². The zero-order chi connectivity index (χ0) is 25.1. The topological polar surface area (TPSA) is 108 Å². The van der Waals surface area contributed by atoms with Crippen LogP contribution in [0.4, 0.5) is 20.7 Å². The standard InChI is InChI=1S/C25H25FIN7O2/c1-36-18-6-2-5-17(9-18)32-25(35)34-7-3-4-15(14-34)10-28-24-21(26)13-31-23(33-24)20-12-30-22-19(20)8-16(27)11-29-22/h2,5-6,8-9,11-13,15H,3-4,7,10,14H2,1H3,(H,29,30)(H,32,35)(H,28,31,33). The number of urea groups is 1. The predicted octanol–water partition coefficient (Wildman–Crippen LogP) is 5.13. The monoisotopic (exact) mass is 601 g/mol. The van der Waals surface area contributed by atoms with Gasteiger partial charge in [0.05, 0.1) is 13.3 Å². The summed E-state index contributed by atoms with van der Waals surface area (Å²) in [5, 5.41) is 6.95. The van der Waals surface area contributed by atoms with Gasteiger partial charge in [-0.15, -0.1) is 0 Å². The Hall–Kier alpha value is -3.48. The molecule has 1 unspecified atom stereocenters. The van der Waals surface area contributed by atoms with Gasteiger partial charge in [0.1, 0.15) is 11.4 Å². The lowest BCUT2D eigenvalue weighted by Crippen LogP contribution is -2.44. The van der Waals surface area contributed by atoms with Crippen molar-refractivity contribution < 1.29 is 13.9 Å². The summed E-state index contributed by atoms with van der Waals surface area (Å²) in [5.41, 5.74) is 2.16. The number of hydrogen-bond acceptors (Lipinski definition) is 6. The lowest BCUT2D eigenvalue weighted by molar-refractivity contribution is 0.180. The first-order chi connectivity index (χ1) is 17.5. The highest BCUT2D eigenvalue weighted by Gasteiger charge is 2.24. The average Bonchev–Trinajstić information content (AvgIpc) is 3.31. The molecule has 4 aromatic rings. The number of pyridine rings is 1. The van der Waals surface area contributed by atoms with Crippen LogP contribution in [0.15, 0.2) is 48.9 Å². The summed E-state index contributed by atoms with van der Waals surface area (Å²) in [7, 11) is 1.59. The van der Waals surface area contributed by atoms with E-state index in [4.69, 9.17) is 4.74 Å². The number of nitrogens with one attached hydrogen (secondary N) is 3. The second-order valence-electron chi connectivity index (χ2n) is 8.64. The number of amides is 2. The molecule has 0 radical (unpaired) electrons. The zero-order valence-corrected chi connectivity index (χ0v) is 21.8. The van der Waals surface area contributed by atoms with Crippen molar-refractivity contribution in [3.05, 3.63) is 58.3 Å². The molecular formula is C25H25FIN7O2. The molecule has 0 bridgehead atoms. The number of rotatable bonds is 6. The Morgan fingerprint density at radius 1 is 1.31 bits per heavy atom. The second kappa shape index (κ2) is 10.6. The summed E-state index contributed by atoms with van der Waals surface area (Å²) in [4.78, 5) is 30.7. The fourth-order valence-corrected chi connectivity index (χ4v) is 4.79. The number of carbonyl (C=O) groups excluding carboxylic acids is 1. The molecule has 1 aliphatic heterocycles. The van der Waals surface area contributed by atoms with Gasteiger partial charge >= 0.3 is 6.03 Å². The van der Waals surface area contributed by atoms with E-state index < -0.39 is 5.82 Å². The van der Waals surface area contributed by atoms with Crippen LogP contribution in [0.1, 0.15) is 12.8 Å². The number of piperidine rings is 1. The van der Waals surface area contributed by atoms with Gasteiger partial charge in [-0.25, -0.2) is 24.1 Å². The normalized spacial score (nSPS) is 15.6. The summed E-state index contributed by atoms with van der Waals surface area (Å²) in [6, 6.07) is 9.08. The Labute approximate surface area is 221 Å². The van der Waals surface area contributed by atoms with Crippen LogP contribution in [0.2, 0.25) is 0 Å². The van der Waals surface area contributed by atoms with Gasteiger partial charge in [0.2, 0.25) is 0 Å². The lowest BCUT2D eigenvalue weighted by Gasteiger charge is -2.33. The molecule has 4 heterocycles. The van der Waals surface area contributed by atoms with E-state index in [0.29, 0.717) is 36.9 Å². The molecule has 36 heavy (non-hydrogen) atoms. The van der Waals surface area contributed by atoms with Crippen molar-refractivity contribution in [3.8, 4) is 17.1 Å². The Kier molecular flexibility index (Phi) is 7.16. The van der Waals surface area contributed by atoms with E-state index in [-0.39, 0.29) is 17.8 Å². The Morgan fingerprint density at radius 2 is 2.19 bits per heavy atom. The van der Waals surface area contributed by atoms with Gasteiger partial charge in [0, 0.05) is 58.3 Å². The molecule has 1 saturated heterocycles. The molecule has 5 rings (SSSR count). The van der Waals surface area contributed by atoms with Crippen LogP contribution >= 0.6 is 22.6 Å². The summed E-state index contributed by atoms with van der Waals surface area (Å²) >= 11 is 2.20. The number of halogens is 2. The van der Waals surface area contributed by atoms with Crippen molar-refractivity contribution in [2.24, 2.45) is 5.92 Å². The van der Waals surface area contributed by atoms with Gasteiger partial charge in [-0.3, -0.25) is 0 Å². The van der Waals surface area contributed by atoms with Gasteiger partial charge in [-0.1, -0.05) is 6.07 Å². The van der Waals surface area contributed by atoms with E-state index in [9.17, 15) is 9.18 Å². The minimum Gasteiger partial charge on any atom is -0.497 e. The van der Waals surface area contributed by atoms with Crippen LogP contribution < -0.4 is 15.4 Å². The quantitative estimate of drug-likeness (QED) is 0.265. The van der Waals surface area contributed by atoms with E-state index in [1.165, 1.54) is 6.20 Å². The molecule has 0 spiro atoms. The highest BCUT2D eigenvalue weighted by atomic mass is 127. The van der Waals surface area contributed by atoms with Gasteiger partial charge in [0.15, 0.2) is 17.5 Å². The third kappa shape index (κ3) is 5.35. The Balaban J connectivity index is 1.24. The third-order valence-electron chi connectivity index (χ3n) is 6.17. The molecule has 9 nitrogen and oxygen atoms in total. The number of anilines is 2. The van der Waals surface area contributed by atoms with Crippen molar-refractivity contribution in [1.29, 1.82) is 0 Å². The second-order valence-corrected chi connectivity index (χ2v) is 9.89. The lowest BCUT2D eigenvalue weighted by atomic mass is 9.98. The number of H-pyrrole nitrogens is 1. The van der Waals surface area contributed by atoms with Crippen LogP contribution in [0.5, 0.6) is 5.75 Å².